The molecule has 26 heavy (non-hydrogen) atoms. The minimum Gasteiger partial charge on any atom is -0.445 e. The van der Waals surface area contributed by atoms with Gasteiger partial charge in [-0.25, -0.2) is 4.79 Å². The molecular weight excluding hydrogens is 417 g/mol. The summed E-state index contributed by atoms with van der Waals surface area (Å²) in [6, 6.07) is 12.2. The second-order valence-corrected chi connectivity index (χ2v) is 6.01. The van der Waals surface area contributed by atoms with E-state index in [-0.39, 0.29) is 16.8 Å². The number of alkyl halides is 3. The normalized spacial score (nSPS) is 10.9. The van der Waals surface area contributed by atoms with Gasteiger partial charge in [0.1, 0.15) is 13.2 Å². The molecule has 2 aromatic carbocycles. The first-order valence-corrected chi connectivity index (χ1v) is 8.16. The third kappa shape index (κ3) is 6.07. The van der Waals surface area contributed by atoms with Crippen molar-refractivity contribution in [2.45, 2.75) is 12.8 Å². The fourth-order valence-electron chi connectivity index (χ4n) is 1.95. The highest BCUT2D eigenvalue weighted by Gasteiger charge is 2.33. The zero-order chi connectivity index (χ0) is 19.2. The summed E-state index contributed by atoms with van der Waals surface area (Å²) in [5, 5.41) is 4.51. The molecule has 2 aromatic rings. The predicted molar refractivity (Wildman–Crippen MR) is 92.4 cm³/mol. The highest BCUT2D eigenvalue weighted by Crippen LogP contribution is 2.36. The van der Waals surface area contributed by atoms with Gasteiger partial charge >= 0.3 is 12.3 Å². The van der Waals surface area contributed by atoms with Crippen molar-refractivity contribution in [1.82, 2.24) is 5.32 Å². The van der Waals surface area contributed by atoms with Gasteiger partial charge in [0.2, 0.25) is 5.91 Å². The van der Waals surface area contributed by atoms with Crippen molar-refractivity contribution in [2.24, 2.45) is 0 Å². The molecule has 9 heteroatoms. The number of anilines is 1. The van der Waals surface area contributed by atoms with Crippen LogP contribution in [0.15, 0.2) is 53.0 Å². The van der Waals surface area contributed by atoms with Gasteiger partial charge in [0.25, 0.3) is 0 Å². The van der Waals surface area contributed by atoms with Crippen molar-refractivity contribution < 1.29 is 27.5 Å². The molecule has 0 aliphatic carbocycles. The van der Waals surface area contributed by atoms with Crippen molar-refractivity contribution in [3.8, 4) is 0 Å². The van der Waals surface area contributed by atoms with Crippen molar-refractivity contribution in [1.29, 1.82) is 0 Å². The van der Waals surface area contributed by atoms with Crippen molar-refractivity contribution >= 4 is 33.6 Å². The number of hydrogen-bond donors (Lipinski definition) is 2. The summed E-state index contributed by atoms with van der Waals surface area (Å²) < 4.78 is 43.3. The molecule has 0 aliphatic rings. The second kappa shape index (κ2) is 8.70. The van der Waals surface area contributed by atoms with Gasteiger partial charge < -0.3 is 15.4 Å². The Balaban J connectivity index is 1.82. The van der Waals surface area contributed by atoms with E-state index < -0.39 is 30.3 Å². The summed E-state index contributed by atoms with van der Waals surface area (Å²) in [5.74, 6) is -0.683. The minimum atomic E-state index is -4.56. The molecule has 0 unspecified atom stereocenters. The van der Waals surface area contributed by atoms with E-state index in [1.54, 1.807) is 24.3 Å². The highest BCUT2D eigenvalue weighted by atomic mass is 79.9. The fraction of sp³-hybridized carbons (Fsp3) is 0.176. The number of benzene rings is 2. The van der Waals surface area contributed by atoms with Gasteiger partial charge in [-0.15, -0.1) is 0 Å². The predicted octanol–water partition coefficient (Wildman–Crippen LogP) is 4.33. The number of halogens is 4. The van der Waals surface area contributed by atoms with Gasteiger partial charge in [0.15, 0.2) is 0 Å². The van der Waals surface area contributed by atoms with Crippen LogP contribution in [-0.4, -0.2) is 18.5 Å². The van der Waals surface area contributed by atoms with Crippen LogP contribution in [0, 0.1) is 0 Å². The van der Waals surface area contributed by atoms with E-state index in [9.17, 15) is 22.8 Å². The van der Waals surface area contributed by atoms with E-state index >= 15 is 0 Å². The largest absolute Gasteiger partial charge is 0.445 e. The van der Waals surface area contributed by atoms with Crippen LogP contribution in [0.5, 0.6) is 0 Å². The summed E-state index contributed by atoms with van der Waals surface area (Å²) in [4.78, 5) is 23.3. The summed E-state index contributed by atoms with van der Waals surface area (Å²) in [7, 11) is 0. The maximum absolute atomic E-state index is 12.8. The number of amides is 2. The lowest BCUT2D eigenvalue weighted by Gasteiger charge is -2.12. The molecule has 0 bridgehead atoms. The van der Waals surface area contributed by atoms with Gasteiger partial charge in [-0.1, -0.05) is 46.3 Å². The SMILES string of the molecule is O=C(CNC(=O)OCc1ccccc1)Nc1ccc(Br)c(C(F)(F)F)c1. The summed E-state index contributed by atoms with van der Waals surface area (Å²) in [5.41, 5.74) is -0.169. The molecule has 2 amide bonds. The number of carbonyl (C=O) groups is 2. The van der Waals surface area contributed by atoms with E-state index in [4.69, 9.17) is 4.74 Å². The first kappa shape index (κ1) is 19.8. The lowest BCUT2D eigenvalue weighted by molar-refractivity contribution is -0.138. The van der Waals surface area contributed by atoms with Crippen LogP contribution in [0.25, 0.3) is 0 Å². The summed E-state index contributed by atoms with van der Waals surface area (Å²) in [6.45, 7) is -0.402. The third-order valence-corrected chi connectivity index (χ3v) is 3.85. The smallest absolute Gasteiger partial charge is 0.417 e. The topological polar surface area (TPSA) is 67.4 Å². The van der Waals surface area contributed by atoms with Crippen molar-refractivity contribution in [2.75, 3.05) is 11.9 Å². The van der Waals surface area contributed by atoms with Gasteiger partial charge in [-0.05, 0) is 23.8 Å². The summed E-state index contributed by atoms with van der Waals surface area (Å²) in [6.07, 6.45) is -5.37. The highest BCUT2D eigenvalue weighted by molar-refractivity contribution is 9.10. The number of carbonyl (C=O) groups excluding carboxylic acids is 2. The maximum Gasteiger partial charge on any atom is 0.417 e. The summed E-state index contributed by atoms with van der Waals surface area (Å²) >= 11 is 2.81. The Labute approximate surface area is 155 Å². The Morgan fingerprint density at radius 3 is 2.42 bits per heavy atom. The van der Waals surface area contributed by atoms with E-state index in [1.807, 2.05) is 6.07 Å². The van der Waals surface area contributed by atoms with Gasteiger partial charge in [-0.2, -0.15) is 13.2 Å². The molecule has 5 nitrogen and oxygen atoms in total. The van der Waals surface area contributed by atoms with E-state index in [1.165, 1.54) is 12.1 Å². The first-order valence-electron chi connectivity index (χ1n) is 7.37. The molecule has 0 heterocycles. The molecule has 0 spiro atoms. The zero-order valence-corrected chi connectivity index (χ0v) is 14.9. The average Bonchev–Trinajstić information content (AvgIpc) is 2.60. The Morgan fingerprint density at radius 2 is 1.77 bits per heavy atom. The van der Waals surface area contributed by atoms with E-state index in [0.717, 1.165) is 11.6 Å². The van der Waals surface area contributed by atoms with Gasteiger partial charge in [-0.3, -0.25) is 4.79 Å². The second-order valence-electron chi connectivity index (χ2n) is 5.16. The number of alkyl carbamates (subject to hydrolysis) is 1. The molecule has 0 saturated carbocycles. The molecule has 0 atom stereocenters. The van der Waals surface area contributed by atoms with Crippen LogP contribution in [0.3, 0.4) is 0 Å². The average molecular weight is 431 g/mol. The molecule has 0 saturated heterocycles. The lowest BCUT2D eigenvalue weighted by Crippen LogP contribution is -2.33. The number of hydrogen-bond acceptors (Lipinski definition) is 3. The van der Waals surface area contributed by atoms with Crippen LogP contribution < -0.4 is 10.6 Å². The quantitative estimate of drug-likeness (QED) is 0.741. The van der Waals surface area contributed by atoms with Crippen LogP contribution >= 0.6 is 15.9 Å². The Bertz CT molecular complexity index is 783. The third-order valence-electron chi connectivity index (χ3n) is 3.16. The minimum absolute atomic E-state index is 0.0371. The molecule has 0 aliphatic heterocycles. The Kier molecular flexibility index (Phi) is 6.62. The fourth-order valence-corrected chi connectivity index (χ4v) is 2.42. The Hall–Kier alpha value is -2.55. The number of rotatable bonds is 5. The monoisotopic (exact) mass is 430 g/mol. The number of ether oxygens (including phenoxy) is 1. The maximum atomic E-state index is 12.8. The lowest BCUT2D eigenvalue weighted by atomic mass is 10.2. The van der Waals surface area contributed by atoms with E-state index in [0.29, 0.717) is 0 Å². The molecule has 2 rings (SSSR count). The molecule has 2 N–H and O–H groups in total. The standard InChI is InChI=1S/C17H14BrF3N2O3/c18-14-7-6-12(8-13(14)17(19,20)21)23-15(24)9-22-16(25)26-10-11-4-2-1-3-5-11/h1-8H,9-10H2,(H,22,25)(H,23,24). The first-order chi connectivity index (χ1) is 12.3. The zero-order valence-electron chi connectivity index (χ0n) is 13.3. The molecule has 0 aromatic heterocycles. The van der Waals surface area contributed by atoms with Gasteiger partial charge in [0.05, 0.1) is 5.56 Å². The molecular formula is C17H14BrF3N2O3. The van der Waals surface area contributed by atoms with E-state index in [2.05, 4.69) is 26.6 Å². The van der Waals surface area contributed by atoms with Crippen LogP contribution in [0.1, 0.15) is 11.1 Å². The van der Waals surface area contributed by atoms with Crippen LogP contribution in [0.4, 0.5) is 23.7 Å². The molecule has 138 valence electrons. The van der Waals surface area contributed by atoms with Gasteiger partial charge in [0, 0.05) is 10.2 Å². The van der Waals surface area contributed by atoms with Crippen LogP contribution in [0.2, 0.25) is 0 Å². The van der Waals surface area contributed by atoms with Crippen molar-refractivity contribution in [3.05, 3.63) is 64.1 Å². The van der Waals surface area contributed by atoms with Crippen molar-refractivity contribution in [3.63, 3.8) is 0 Å². The Morgan fingerprint density at radius 1 is 1.08 bits per heavy atom. The molecule has 0 fully saturated rings. The van der Waals surface area contributed by atoms with Crippen LogP contribution in [-0.2, 0) is 22.3 Å². The molecule has 0 radical (unpaired) electrons. The number of nitrogens with one attached hydrogen (secondary N) is 2.